The van der Waals surface area contributed by atoms with E-state index in [2.05, 4.69) is 15.6 Å². The molecule has 0 radical (unpaired) electrons. The van der Waals surface area contributed by atoms with E-state index in [9.17, 15) is 4.79 Å². The van der Waals surface area contributed by atoms with Gasteiger partial charge in [-0.05, 0) is 66.8 Å². The van der Waals surface area contributed by atoms with Crippen molar-refractivity contribution in [2.45, 2.75) is 12.1 Å². The second kappa shape index (κ2) is 10.1. The number of pyridine rings is 1. The number of thiocarbonyl (C=S) groups is 1. The summed E-state index contributed by atoms with van der Waals surface area (Å²) < 4.78 is 6.28. The lowest BCUT2D eigenvalue weighted by Crippen LogP contribution is -2.36. The molecule has 1 aliphatic rings. The van der Waals surface area contributed by atoms with Crippen molar-refractivity contribution in [1.82, 2.24) is 15.2 Å². The lowest BCUT2D eigenvalue weighted by molar-refractivity contribution is -0.116. The van der Waals surface area contributed by atoms with E-state index < -0.39 is 6.04 Å². The molecule has 1 saturated heterocycles. The lowest BCUT2D eigenvalue weighted by atomic mass is 10.0. The molecular formula is C26H20Cl2N4O2S. The molecule has 0 spiro atoms. The molecule has 6 nitrogen and oxygen atoms in total. The molecule has 2 aromatic carbocycles. The third-order valence-electron chi connectivity index (χ3n) is 5.68. The van der Waals surface area contributed by atoms with E-state index in [0.717, 1.165) is 11.3 Å². The third kappa shape index (κ3) is 5.03. The highest BCUT2D eigenvalue weighted by molar-refractivity contribution is 7.80. The average molecular weight is 523 g/mol. The number of anilines is 1. The van der Waals surface area contributed by atoms with E-state index >= 15 is 0 Å². The van der Waals surface area contributed by atoms with Crippen LogP contribution in [0.3, 0.4) is 0 Å². The molecule has 5 rings (SSSR count). The molecule has 0 aliphatic carbocycles. The standard InChI is InChI=1S/C26H20Cl2N4O2S/c27-16-9-10-18(19(28)14-16)21-11-12-22(34-21)25-24(20-8-4-5-13-29-20)31-26(35)32(25)15-23(33)30-17-6-2-1-3-7-17/h1-14,24-25H,15H2,(H,30,33)(H,31,35)/t24-,25+/m1/s1. The summed E-state index contributed by atoms with van der Waals surface area (Å²) in [6.45, 7) is 0.0342. The second-order valence-electron chi connectivity index (χ2n) is 7.99. The Morgan fingerprint density at radius 3 is 2.60 bits per heavy atom. The summed E-state index contributed by atoms with van der Waals surface area (Å²) in [5.41, 5.74) is 2.22. The first-order chi connectivity index (χ1) is 17.0. The molecule has 2 N–H and O–H groups in total. The average Bonchev–Trinajstić information content (AvgIpc) is 3.45. The molecule has 0 bridgehead atoms. The van der Waals surface area contributed by atoms with E-state index in [-0.39, 0.29) is 18.5 Å². The molecule has 1 amide bonds. The van der Waals surface area contributed by atoms with E-state index in [1.807, 2.05) is 71.6 Å². The van der Waals surface area contributed by atoms with Gasteiger partial charge < -0.3 is 20.0 Å². The zero-order valence-electron chi connectivity index (χ0n) is 18.3. The van der Waals surface area contributed by atoms with Crippen LogP contribution in [0.5, 0.6) is 0 Å². The third-order valence-corrected chi connectivity index (χ3v) is 6.58. The van der Waals surface area contributed by atoms with Crippen molar-refractivity contribution in [3.8, 4) is 11.3 Å². The maximum absolute atomic E-state index is 12.9. The van der Waals surface area contributed by atoms with Crippen molar-refractivity contribution in [2.24, 2.45) is 0 Å². The number of halogens is 2. The van der Waals surface area contributed by atoms with Gasteiger partial charge in [-0.1, -0.05) is 47.5 Å². The Morgan fingerprint density at radius 2 is 1.86 bits per heavy atom. The molecule has 4 aromatic rings. The normalized spacial score (nSPS) is 17.3. The number of para-hydroxylation sites is 1. The molecule has 35 heavy (non-hydrogen) atoms. The van der Waals surface area contributed by atoms with Gasteiger partial charge in [0.2, 0.25) is 5.91 Å². The number of hydrogen-bond donors (Lipinski definition) is 2. The SMILES string of the molecule is O=C(CN1C(=S)N[C@H](c2ccccn2)[C@@H]1c1ccc(-c2ccc(Cl)cc2Cl)o1)Nc1ccccc1. The molecule has 9 heteroatoms. The zero-order chi connectivity index (χ0) is 24.4. The quantitative estimate of drug-likeness (QED) is 0.291. The summed E-state index contributed by atoms with van der Waals surface area (Å²) in [4.78, 5) is 19.3. The Kier molecular flexibility index (Phi) is 6.72. The van der Waals surface area contributed by atoms with E-state index in [1.54, 1.807) is 18.3 Å². The summed E-state index contributed by atoms with van der Waals surface area (Å²) >= 11 is 18.1. The van der Waals surface area contributed by atoms with Gasteiger partial charge in [-0.2, -0.15) is 0 Å². The lowest BCUT2D eigenvalue weighted by Gasteiger charge is -2.25. The van der Waals surface area contributed by atoms with Crippen molar-refractivity contribution < 1.29 is 9.21 Å². The van der Waals surface area contributed by atoms with Crippen LogP contribution < -0.4 is 10.6 Å². The second-order valence-corrected chi connectivity index (χ2v) is 9.23. The fourth-order valence-corrected chi connectivity index (χ4v) is 4.91. The van der Waals surface area contributed by atoms with Crippen LogP contribution in [0.1, 0.15) is 23.5 Å². The van der Waals surface area contributed by atoms with Crippen LogP contribution in [0, 0.1) is 0 Å². The molecule has 0 unspecified atom stereocenters. The first-order valence-electron chi connectivity index (χ1n) is 10.9. The maximum Gasteiger partial charge on any atom is 0.244 e. The fraction of sp³-hybridized carbons (Fsp3) is 0.115. The number of benzene rings is 2. The van der Waals surface area contributed by atoms with Gasteiger partial charge in [-0.15, -0.1) is 0 Å². The predicted molar refractivity (Wildman–Crippen MR) is 141 cm³/mol. The highest BCUT2D eigenvalue weighted by atomic mass is 35.5. The molecule has 1 aliphatic heterocycles. The molecule has 0 saturated carbocycles. The van der Waals surface area contributed by atoms with Crippen LogP contribution in [0.4, 0.5) is 5.69 Å². The monoisotopic (exact) mass is 522 g/mol. The van der Waals surface area contributed by atoms with Crippen LogP contribution in [0.25, 0.3) is 11.3 Å². The van der Waals surface area contributed by atoms with Crippen LogP contribution in [-0.2, 0) is 4.79 Å². The molecule has 3 heterocycles. The first-order valence-corrected chi connectivity index (χ1v) is 12.0. The molecule has 2 aromatic heterocycles. The number of nitrogens with one attached hydrogen (secondary N) is 2. The molecule has 1 fully saturated rings. The smallest absolute Gasteiger partial charge is 0.244 e. The minimum atomic E-state index is -0.404. The summed E-state index contributed by atoms with van der Waals surface area (Å²) in [7, 11) is 0. The van der Waals surface area contributed by atoms with Crippen LogP contribution in [0.2, 0.25) is 10.0 Å². The summed E-state index contributed by atoms with van der Waals surface area (Å²) in [6, 6.07) is 23.2. The Bertz CT molecular complexity index is 1360. The number of amides is 1. The molecule has 2 atom stereocenters. The molecule has 176 valence electrons. The predicted octanol–water partition coefficient (Wildman–Crippen LogP) is 6.26. The number of carbonyl (C=O) groups is 1. The fourth-order valence-electron chi connectivity index (χ4n) is 4.11. The van der Waals surface area contributed by atoms with Crippen molar-refractivity contribution >= 4 is 52.1 Å². The van der Waals surface area contributed by atoms with Crippen molar-refractivity contribution in [1.29, 1.82) is 0 Å². The van der Waals surface area contributed by atoms with Crippen molar-refractivity contribution in [3.63, 3.8) is 0 Å². The minimum Gasteiger partial charge on any atom is -0.459 e. The Hall–Kier alpha value is -3.39. The van der Waals surface area contributed by atoms with E-state index in [1.165, 1.54) is 0 Å². The molecular weight excluding hydrogens is 503 g/mol. The highest BCUT2D eigenvalue weighted by Crippen LogP contribution is 2.41. The Balaban J connectivity index is 1.47. The number of carbonyl (C=O) groups excluding carboxylic acids is 1. The highest BCUT2D eigenvalue weighted by Gasteiger charge is 2.42. The van der Waals surface area contributed by atoms with Crippen molar-refractivity contribution in [2.75, 3.05) is 11.9 Å². The van der Waals surface area contributed by atoms with E-state index in [4.69, 9.17) is 39.8 Å². The largest absolute Gasteiger partial charge is 0.459 e. The summed E-state index contributed by atoms with van der Waals surface area (Å²) in [6.07, 6.45) is 1.73. The maximum atomic E-state index is 12.9. The number of hydrogen-bond acceptors (Lipinski definition) is 4. The van der Waals surface area contributed by atoms with Gasteiger partial charge in [0.1, 0.15) is 24.1 Å². The van der Waals surface area contributed by atoms with Gasteiger partial charge in [0.25, 0.3) is 0 Å². The summed E-state index contributed by atoms with van der Waals surface area (Å²) in [5.74, 6) is 1.02. The number of aromatic nitrogens is 1. The Morgan fingerprint density at radius 1 is 1.06 bits per heavy atom. The van der Waals surface area contributed by atoms with Gasteiger partial charge >= 0.3 is 0 Å². The number of rotatable bonds is 6. The number of furan rings is 1. The summed E-state index contributed by atoms with van der Waals surface area (Å²) in [5, 5.41) is 7.70. The van der Waals surface area contributed by atoms with Gasteiger partial charge in [-0.25, -0.2) is 0 Å². The minimum absolute atomic E-state index is 0.0342. The van der Waals surface area contributed by atoms with Gasteiger partial charge in [0, 0.05) is 22.5 Å². The van der Waals surface area contributed by atoms with Crippen LogP contribution in [-0.4, -0.2) is 27.4 Å². The number of nitrogens with zero attached hydrogens (tertiary/aromatic N) is 2. The zero-order valence-corrected chi connectivity index (χ0v) is 20.6. The van der Waals surface area contributed by atoms with Crippen molar-refractivity contribution in [3.05, 3.63) is 107 Å². The topological polar surface area (TPSA) is 70.4 Å². The van der Waals surface area contributed by atoms with Crippen LogP contribution >= 0.6 is 35.4 Å². The first kappa shape index (κ1) is 23.4. The Labute approximate surface area is 217 Å². The van der Waals surface area contributed by atoms with Gasteiger partial charge in [-0.3, -0.25) is 9.78 Å². The van der Waals surface area contributed by atoms with Gasteiger partial charge in [0.15, 0.2) is 5.11 Å². The van der Waals surface area contributed by atoms with Crippen LogP contribution in [0.15, 0.2) is 89.5 Å². The van der Waals surface area contributed by atoms with Gasteiger partial charge in [0.05, 0.1) is 16.8 Å². The van der Waals surface area contributed by atoms with E-state index in [0.29, 0.717) is 32.4 Å².